The van der Waals surface area contributed by atoms with Crippen molar-refractivity contribution in [2.24, 2.45) is 0 Å². The van der Waals surface area contributed by atoms with E-state index in [1.165, 1.54) is 18.2 Å². The van der Waals surface area contributed by atoms with Crippen LogP contribution in [0.15, 0.2) is 52.9 Å². The Morgan fingerprint density at radius 3 is 2.74 bits per heavy atom. The molecule has 0 atom stereocenters. The summed E-state index contributed by atoms with van der Waals surface area (Å²) < 4.78 is 11.3. The molecule has 0 spiro atoms. The molecule has 3 rings (SSSR count). The first-order valence-corrected chi connectivity index (χ1v) is 8.60. The minimum absolute atomic E-state index is 0.0780. The van der Waals surface area contributed by atoms with Crippen molar-refractivity contribution < 1.29 is 18.9 Å². The van der Waals surface area contributed by atoms with Crippen LogP contribution in [-0.4, -0.2) is 29.4 Å². The number of carbonyl (C=O) groups is 1. The van der Waals surface area contributed by atoms with Crippen LogP contribution in [0.2, 0.25) is 0 Å². The lowest BCUT2D eigenvalue weighted by Gasteiger charge is -2.17. The molecular weight excluding hydrogens is 348 g/mol. The van der Waals surface area contributed by atoms with Crippen LogP contribution in [0.3, 0.4) is 0 Å². The number of nitro groups is 1. The number of ether oxygens (including phenoxy) is 1. The zero-order valence-electron chi connectivity index (χ0n) is 15.2. The van der Waals surface area contributed by atoms with Crippen molar-refractivity contribution in [3.8, 4) is 5.75 Å². The van der Waals surface area contributed by atoms with Crippen molar-refractivity contribution in [3.63, 3.8) is 0 Å². The van der Waals surface area contributed by atoms with E-state index >= 15 is 0 Å². The van der Waals surface area contributed by atoms with Crippen molar-refractivity contribution in [3.05, 3.63) is 70.0 Å². The molecule has 3 aromatic rings. The largest absolute Gasteiger partial charge is 0.484 e. The highest BCUT2D eigenvalue weighted by atomic mass is 16.6. The number of amides is 1. The maximum Gasteiger partial charge on any atom is 0.273 e. The zero-order chi connectivity index (χ0) is 19.4. The Bertz CT molecular complexity index is 979. The standard InChI is InChI=1S/C20H20N2O5/c1-3-18-17(16-9-4-5-10-19(16)27-18)12-21(2)20(23)13-26-15-8-6-7-14(11-15)22(24)25/h4-11H,3,12-13H2,1-2H3. The molecule has 2 aromatic carbocycles. The number of rotatable bonds is 7. The number of benzene rings is 2. The lowest BCUT2D eigenvalue weighted by molar-refractivity contribution is -0.384. The van der Waals surface area contributed by atoms with E-state index in [4.69, 9.17) is 9.15 Å². The van der Waals surface area contributed by atoms with Gasteiger partial charge in [-0.2, -0.15) is 0 Å². The average molecular weight is 368 g/mol. The topological polar surface area (TPSA) is 85.8 Å². The minimum Gasteiger partial charge on any atom is -0.484 e. The highest BCUT2D eigenvalue weighted by molar-refractivity contribution is 5.83. The van der Waals surface area contributed by atoms with Crippen molar-refractivity contribution in [2.75, 3.05) is 13.7 Å². The van der Waals surface area contributed by atoms with Gasteiger partial charge in [-0.15, -0.1) is 0 Å². The number of nitro benzene ring substituents is 1. The fourth-order valence-electron chi connectivity index (χ4n) is 2.88. The van der Waals surface area contributed by atoms with Gasteiger partial charge < -0.3 is 14.1 Å². The molecule has 27 heavy (non-hydrogen) atoms. The summed E-state index contributed by atoms with van der Waals surface area (Å²) in [4.78, 5) is 24.3. The smallest absolute Gasteiger partial charge is 0.273 e. The van der Waals surface area contributed by atoms with Crippen LogP contribution < -0.4 is 4.74 Å². The summed E-state index contributed by atoms with van der Waals surface area (Å²) in [5, 5.41) is 11.8. The molecule has 7 heteroatoms. The van der Waals surface area contributed by atoms with Crippen LogP contribution in [0.5, 0.6) is 5.75 Å². The summed E-state index contributed by atoms with van der Waals surface area (Å²) in [5.74, 6) is 0.915. The molecule has 0 unspecified atom stereocenters. The normalized spacial score (nSPS) is 10.7. The third-order valence-corrected chi connectivity index (χ3v) is 4.31. The van der Waals surface area contributed by atoms with Gasteiger partial charge in [-0.1, -0.05) is 31.2 Å². The Labute approximate surface area is 156 Å². The molecule has 140 valence electrons. The van der Waals surface area contributed by atoms with Gasteiger partial charge in [0.2, 0.25) is 0 Å². The second-order valence-electron chi connectivity index (χ2n) is 6.15. The number of furan rings is 1. The van der Waals surface area contributed by atoms with Crippen LogP contribution >= 0.6 is 0 Å². The minimum atomic E-state index is -0.503. The molecular formula is C20H20N2O5. The number of nitrogens with zero attached hydrogens (tertiary/aromatic N) is 2. The quantitative estimate of drug-likeness (QED) is 0.466. The van der Waals surface area contributed by atoms with E-state index in [9.17, 15) is 14.9 Å². The van der Waals surface area contributed by atoms with E-state index < -0.39 is 4.92 Å². The predicted molar refractivity (Wildman–Crippen MR) is 101 cm³/mol. The molecule has 0 radical (unpaired) electrons. The zero-order valence-corrected chi connectivity index (χ0v) is 15.2. The van der Waals surface area contributed by atoms with Crippen LogP contribution in [0.1, 0.15) is 18.2 Å². The van der Waals surface area contributed by atoms with E-state index in [1.54, 1.807) is 18.0 Å². The number of likely N-dealkylation sites (N-methyl/N-ethyl adjacent to an activating group) is 1. The summed E-state index contributed by atoms with van der Waals surface area (Å²) >= 11 is 0. The molecule has 0 saturated carbocycles. The Hall–Kier alpha value is -3.35. The lowest BCUT2D eigenvalue weighted by atomic mass is 10.1. The summed E-state index contributed by atoms with van der Waals surface area (Å²) in [6, 6.07) is 13.5. The molecule has 7 nitrogen and oxygen atoms in total. The number of hydrogen-bond donors (Lipinski definition) is 0. The Morgan fingerprint density at radius 1 is 1.22 bits per heavy atom. The second kappa shape index (κ2) is 7.90. The first-order valence-electron chi connectivity index (χ1n) is 8.60. The molecule has 0 aliphatic rings. The van der Waals surface area contributed by atoms with Gasteiger partial charge in [0.05, 0.1) is 11.0 Å². The van der Waals surface area contributed by atoms with Crippen molar-refractivity contribution in [1.82, 2.24) is 4.90 Å². The van der Waals surface area contributed by atoms with E-state index in [0.717, 1.165) is 28.7 Å². The molecule has 0 aliphatic carbocycles. The SMILES string of the molecule is CCc1oc2ccccc2c1CN(C)C(=O)COc1cccc([N+](=O)[O-])c1. The highest BCUT2D eigenvalue weighted by Crippen LogP contribution is 2.27. The fraction of sp³-hybridized carbons (Fsp3) is 0.250. The van der Waals surface area contributed by atoms with Gasteiger partial charge in [0.25, 0.3) is 11.6 Å². The number of carbonyl (C=O) groups excluding carboxylic acids is 1. The average Bonchev–Trinajstić information content (AvgIpc) is 3.04. The number of para-hydroxylation sites is 1. The van der Waals surface area contributed by atoms with Gasteiger partial charge in [0.1, 0.15) is 17.1 Å². The Kier molecular flexibility index (Phi) is 5.40. The van der Waals surface area contributed by atoms with Gasteiger partial charge in [-0.05, 0) is 12.1 Å². The maximum atomic E-state index is 12.4. The number of hydrogen-bond acceptors (Lipinski definition) is 5. The van der Waals surface area contributed by atoms with Crippen molar-refractivity contribution >= 4 is 22.6 Å². The summed E-state index contributed by atoms with van der Waals surface area (Å²) in [6.45, 7) is 2.21. The fourth-order valence-corrected chi connectivity index (χ4v) is 2.88. The third-order valence-electron chi connectivity index (χ3n) is 4.31. The van der Waals surface area contributed by atoms with Crippen molar-refractivity contribution in [2.45, 2.75) is 19.9 Å². The van der Waals surface area contributed by atoms with Gasteiger partial charge in [0.15, 0.2) is 6.61 Å². The Balaban J connectivity index is 1.68. The molecule has 0 aliphatic heterocycles. The van der Waals surface area contributed by atoms with Gasteiger partial charge >= 0.3 is 0 Å². The van der Waals surface area contributed by atoms with Gasteiger partial charge in [0, 0.05) is 37.0 Å². The summed E-state index contributed by atoms with van der Waals surface area (Å²) in [7, 11) is 1.69. The molecule has 0 fully saturated rings. The number of aryl methyl sites for hydroxylation is 1. The van der Waals surface area contributed by atoms with E-state index in [1.807, 2.05) is 31.2 Å². The maximum absolute atomic E-state index is 12.4. The van der Waals surface area contributed by atoms with Crippen LogP contribution in [-0.2, 0) is 17.8 Å². The summed E-state index contributed by atoms with van der Waals surface area (Å²) in [6.07, 6.45) is 0.732. The highest BCUT2D eigenvalue weighted by Gasteiger charge is 2.18. The van der Waals surface area contributed by atoms with E-state index in [0.29, 0.717) is 6.54 Å². The Morgan fingerprint density at radius 2 is 2.00 bits per heavy atom. The second-order valence-corrected chi connectivity index (χ2v) is 6.15. The predicted octanol–water partition coefficient (Wildman–Crippen LogP) is 3.94. The van der Waals surface area contributed by atoms with Crippen LogP contribution in [0, 0.1) is 10.1 Å². The van der Waals surface area contributed by atoms with Gasteiger partial charge in [-0.25, -0.2) is 0 Å². The van der Waals surface area contributed by atoms with Crippen molar-refractivity contribution in [1.29, 1.82) is 0 Å². The van der Waals surface area contributed by atoms with E-state index in [-0.39, 0.29) is 24.0 Å². The first kappa shape index (κ1) is 18.4. The lowest BCUT2D eigenvalue weighted by Crippen LogP contribution is -2.31. The number of fused-ring (bicyclic) bond motifs is 1. The molecule has 0 N–H and O–H groups in total. The molecule has 0 bridgehead atoms. The molecule has 1 heterocycles. The molecule has 0 saturated heterocycles. The van der Waals surface area contributed by atoms with Crippen LogP contribution in [0.25, 0.3) is 11.0 Å². The monoisotopic (exact) mass is 368 g/mol. The third kappa shape index (κ3) is 4.08. The van der Waals surface area contributed by atoms with E-state index in [2.05, 4.69) is 0 Å². The summed E-state index contributed by atoms with van der Waals surface area (Å²) in [5.41, 5.74) is 1.71. The molecule has 1 aromatic heterocycles. The number of non-ortho nitro benzene ring substituents is 1. The van der Waals surface area contributed by atoms with Crippen LogP contribution in [0.4, 0.5) is 5.69 Å². The van der Waals surface area contributed by atoms with Gasteiger partial charge in [-0.3, -0.25) is 14.9 Å². The molecule has 1 amide bonds. The first-order chi connectivity index (χ1) is 13.0.